The van der Waals surface area contributed by atoms with Crippen LogP contribution in [-0.4, -0.2) is 43.4 Å². The smallest absolute Gasteiger partial charge is 0.237 e. The lowest BCUT2D eigenvalue weighted by atomic mass is 10.1. The first-order chi connectivity index (χ1) is 6.65. The number of ether oxygens (including phenoxy) is 1. The normalized spacial score (nSPS) is 14.9. The van der Waals surface area contributed by atoms with Gasteiger partial charge in [-0.1, -0.05) is 13.3 Å². The second kappa shape index (κ2) is 7.73. The molecule has 84 valence electrons. The van der Waals surface area contributed by atoms with Gasteiger partial charge in [-0.15, -0.1) is 0 Å². The van der Waals surface area contributed by atoms with Crippen LogP contribution in [0.2, 0.25) is 0 Å². The topological polar surface area (TPSA) is 84.6 Å². The molecule has 0 aliphatic heterocycles. The van der Waals surface area contributed by atoms with Crippen LogP contribution in [0.5, 0.6) is 0 Å². The maximum absolute atomic E-state index is 11.4. The maximum Gasteiger partial charge on any atom is 0.237 e. The van der Waals surface area contributed by atoms with E-state index in [-0.39, 0.29) is 18.6 Å². The summed E-state index contributed by atoms with van der Waals surface area (Å²) in [4.78, 5) is 11.4. The molecule has 1 unspecified atom stereocenters. The summed E-state index contributed by atoms with van der Waals surface area (Å²) < 4.78 is 4.82. The molecule has 0 radical (unpaired) electrons. The van der Waals surface area contributed by atoms with Crippen LogP contribution in [0.15, 0.2) is 0 Å². The lowest BCUT2D eigenvalue weighted by Crippen LogP contribution is -2.48. The second-order valence-corrected chi connectivity index (χ2v) is 3.24. The Morgan fingerprint density at radius 3 is 2.71 bits per heavy atom. The molecule has 0 aliphatic rings. The summed E-state index contributed by atoms with van der Waals surface area (Å²) in [6.45, 7) is 2.12. The zero-order valence-corrected chi connectivity index (χ0v) is 8.82. The summed E-state index contributed by atoms with van der Waals surface area (Å²) in [6.07, 6.45) is 1.51. The van der Waals surface area contributed by atoms with Crippen molar-refractivity contribution in [2.45, 2.75) is 31.8 Å². The summed E-state index contributed by atoms with van der Waals surface area (Å²) >= 11 is 0. The van der Waals surface area contributed by atoms with Crippen molar-refractivity contribution in [2.75, 3.05) is 20.3 Å². The Labute approximate surface area is 84.6 Å². The van der Waals surface area contributed by atoms with Crippen molar-refractivity contribution in [1.29, 1.82) is 0 Å². The molecule has 0 aromatic rings. The summed E-state index contributed by atoms with van der Waals surface area (Å²) in [6, 6.07) is -0.860. The van der Waals surface area contributed by atoms with Gasteiger partial charge in [-0.3, -0.25) is 4.79 Å². The number of carbonyl (C=O) groups excluding carboxylic acids is 1. The fraction of sp³-hybridized carbons (Fsp3) is 0.889. The van der Waals surface area contributed by atoms with Gasteiger partial charge in [0.25, 0.3) is 0 Å². The van der Waals surface area contributed by atoms with Crippen molar-refractivity contribution in [3.8, 4) is 0 Å². The molecule has 0 saturated heterocycles. The van der Waals surface area contributed by atoms with Crippen LogP contribution in [0, 0.1) is 0 Å². The average molecular weight is 204 g/mol. The zero-order chi connectivity index (χ0) is 11.0. The van der Waals surface area contributed by atoms with Crippen LogP contribution in [0.4, 0.5) is 0 Å². The molecular formula is C9H20N2O3. The maximum atomic E-state index is 11.4. The predicted octanol–water partition coefficient (Wildman–Crippen LogP) is -0.763. The first-order valence-electron chi connectivity index (χ1n) is 4.81. The van der Waals surface area contributed by atoms with Crippen LogP contribution >= 0.6 is 0 Å². The van der Waals surface area contributed by atoms with E-state index < -0.39 is 6.04 Å². The van der Waals surface area contributed by atoms with Crippen LogP contribution < -0.4 is 11.1 Å². The van der Waals surface area contributed by atoms with Gasteiger partial charge in [-0.2, -0.15) is 0 Å². The Hall–Kier alpha value is -0.650. The van der Waals surface area contributed by atoms with Gasteiger partial charge in [0, 0.05) is 7.11 Å². The van der Waals surface area contributed by atoms with Gasteiger partial charge in [0.1, 0.15) is 0 Å². The summed E-state index contributed by atoms with van der Waals surface area (Å²) in [5.74, 6) is -0.233. The Balaban J connectivity index is 3.88. The van der Waals surface area contributed by atoms with Crippen LogP contribution in [0.25, 0.3) is 0 Å². The molecule has 0 aliphatic carbocycles. The largest absolute Gasteiger partial charge is 0.394 e. The van der Waals surface area contributed by atoms with E-state index in [2.05, 4.69) is 5.32 Å². The third kappa shape index (κ3) is 5.16. The highest BCUT2D eigenvalue weighted by atomic mass is 16.5. The van der Waals surface area contributed by atoms with E-state index in [0.717, 1.165) is 6.42 Å². The van der Waals surface area contributed by atoms with Crippen LogP contribution in [0.1, 0.15) is 19.8 Å². The molecule has 0 spiro atoms. The third-order valence-corrected chi connectivity index (χ3v) is 1.87. The second-order valence-electron chi connectivity index (χ2n) is 3.24. The molecule has 0 rings (SSSR count). The highest BCUT2D eigenvalue weighted by molar-refractivity contribution is 5.81. The van der Waals surface area contributed by atoms with Gasteiger partial charge >= 0.3 is 0 Å². The molecule has 1 amide bonds. The number of rotatable bonds is 7. The van der Waals surface area contributed by atoms with Crippen molar-refractivity contribution in [2.24, 2.45) is 5.73 Å². The average Bonchev–Trinajstić information content (AvgIpc) is 2.17. The van der Waals surface area contributed by atoms with Gasteiger partial charge in [-0.25, -0.2) is 0 Å². The van der Waals surface area contributed by atoms with Crippen molar-refractivity contribution >= 4 is 5.91 Å². The number of hydrogen-bond donors (Lipinski definition) is 3. The Morgan fingerprint density at radius 2 is 2.29 bits per heavy atom. The number of hydrogen-bond acceptors (Lipinski definition) is 4. The zero-order valence-electron chi connectivity index (χ0n) is 8.82. The molecule has 5 heteroatoms. The molecule has 0 fully saturated rings. The number of nitrogens with one attached hydrogen (secondary N) is 1. The summed E-state index contributed by atoms with van der Waals surface area (Å²) in [5, 5.41) is 11.5. The third-order valence-electron chi connectivity index (χ3n) is 1.87. The van der Waals surface area contributed by atoms with E-state index in [4.69, 9.17) is 15.6 Å². The minimum atomic E-state index is -0.495. The monoisotopic (exact) mass is 204 g/mol. The number of aliphatic hydroxyl groups is 1. The first-order valence-corrected chi connectivity index (χ1v) is 4.81. The van der Waals surface area contributed by atoms with E-state index in [1.807, 2.05) is 6.92 Å². The molecule has 0 aromatic heterocycles. The SMILES string of the molecule is CCC[C@@H](N)C(=O)NC(CO)COC. The number of aliphatic hydroxyl groups excluding tert-OH is 1. The molecule has 0 aromatic carbocycles. The van der Waals surface area contributed by atoms with Crippen LogP contribution in [0.3, 0.4) is 0 Å². The molecule has 4 N–H and O–H groups in total. The van der Waals surface area contributed by atoms with E-state index in [1.54, 1.807) is 0 Å². The minimum absolute atomic E-state index is 0.140. The molecule has 0 heterocycles. The van der Waals surface area contributed by atoms with E-state index >= 15 is 0 Å². The molecule has 2 atom stereocenters. The van der Waals surface area contributed by atoms with Crippen molar-refractivity contribution in [3.63, 3.8) is 0 Å². The minimum Gasteiger partial charge on any atom is -0.394 e. The van der Waals surface area contributed by atoms with E-state index in [0.29, 0.717) is 13.0 Å². The molecule has 5 nitrogen and oxygen atoms in total. The molecule has 0 bridgehead atoms. The fourth-order valence-electron chi connectivity index (χ4n) is 1.09. The van der Waals surface area contributed by atoms with Crippen LogP contribution in [-0.2, 0) is 9.53 Å². The first kappa shape index (κ1) is 13.4. The van der Waals surface area contributed by atoms with Gasteiger partial charge in [0.15, 0.2) is 0 Å². The van der Waals surface area contributed by atoms with Gasteiger partial charge < -0.3 is 20.9 Å². The highest BCUT2D eigenvalue weighted by Gasteiger charge is 2.16. The van der Waals surface area contributed by atoms with E-state index in [9.17, 15) is 4.79 Å². The quantitative estimate of drug-likeness (QED) is 0.509. The van der Waals surface area contributed by atoms with Crippen molar-refractivity contribution in [3.05, 3.63) is 0 Å². The molecule has 14 heavy (non-hydrogen) atoms. The van der Waals surface area contributed by atoms with Gasteiger partial charge in [0.2, 0.25) is 5.91 Å². The summed E-state index contributed by atoms with van der Waals surface area (Å²) in [7, 11) is 1.51. The highest BCUT2D eigenvalue weighted by Crippen LogP contribution is 1.94. The summed E-state index contributed by atoms with van der Waals surface area (Å²) in [5.41, 5.74) is 5.59. The van der Waals surface area contributed by atoms with Gasteiger partial charge in [0.05, 0.1) is 25.3 Å². The fourth-order valence-corrected chi connectivity index (χ4v) is 1.09. The molecule has 0 saturated carbocycles. The van der Waals surface area contributed by atoms with E-state index in [1.165, 1.54) is 7.11 Å². The van der Waals surface area contributed by atoms with Crippen molar-refractivity contribution < 1.29 is 14.6 Å². The van der Waals surface area contributed by atoms with Gasteiger partial charge in [-0.05, 0) is 6.42 Å². The Kier molecular flexibility index (Phi) is 7.37. The lowest BCUT2D eigenvalue weighted by Gasteiger charge is -2.18. The van der Waals surface area contributed by atoms with Crippen molar-refractivity contribution in [1.82, 2.24) is 5.32 Å². The Bertz CT molecular complexity index is 164. The Morgan fingerprint density at radius 1 is 1.64 bits per heavy atom. The number of carbonyl (C=O) groups is 1. The number of methoxy groups -OCH3 is 1. The predicted molar refractivity (Wildman–Crippen MR) is 53.8 cm³/mol. The number of nitrogens with two attached hydrogens (primary N) is 1. The lowest BCUT2D eigenvalue weighted by molar-refractivity contribution is -0.124. The standard InChI is InChI=1S/C9H20N2O3/c1-3-4-8(10)9(13)11-7(5-12)6-14-2/h7-8,12H,3-6,10H2,1-2H3,(H,11,13)/t7?,8-/m1/s1. The number of amides is 1. The molecular weight excluding hydrogens is 184 g/mol.